The number of amides is 1. The van der Waals surface area contributed by atoms with Crippen LogP contribution in [0.15, 0.2) is 79.3 Å². The Hall–Kier alpha value is -4.06. The van der Waals surface area contributed by atoms with E-state index < -0.39 is 0 Å². The number of nitrogens with zero attached hydrogens (tertiary/aromatic N) is 3. The normalized spacial score (nSPS) is 10.5. The number of hydrogen-bond donors (Lipinski definition) is 1. The summed E-state index contributed by atoms with van der Waals surface area (Å²) in [5, 5.41) is 2.95. The zero-order valence-electron chi connectivity index (χ0n) is 17.4. The van der Waals surface area contributed by atoms with E-state index in [-0.39, 0.29) is 5.91 Å². The largest absolute Gasteiger partial charge is 0.496 e. The minimum Gasteiger partial charge on any atom is -0.496 e. The standard InChI is InChI=1S/C25H22N4O2/c1-17-7-9-19(10-8-17)24-27-16-21(23(29-24)18-11-13-26-14-12-18)25(30)28-15-20-5-3-4-6-22(20)31-2/h3-14,16H,15H2,1-2H3,(H,28,30). The summed E-state index contributed by atoms with van der Waals surface area (Å²) in [6, 6.07) is 19.2. The second-order valence-electron chi connectivity index (χ2n) is 7.05. The van der Waals surface area contributed by atoms with Gasteiger partial charge in [0.2, 0.25) is 0 Å². The first-order valence-corrected chi connectivity index (χ1v) is 9.90. The molecule has 0 aliphatic heterocycles. The second kappa shape index (κ2) is 9.17. The summed E-state index contributed by atoms with van der Waals surface area (Å²) in [4.78, 5) is 26.3. The van der Waals surface area contributed by atoms with Gasteiger partial charge in [0, 0.05) is 41.8 Å². The summed E-state index contributed by atoms with van der Waals surface area (Å²) < 4.78 is 5.37. The molecule has 4 rings (SSSR count). The van der Waals surface area contributed by atoms with Crippen molar-refractivity contribution in [1.29, 1.82) is 0 Å². The van der Waals surface area contributed by atoms with Crippen LogP contribution in [0.5, 0.6) is 5.75 Å². The number of rotatable bonds is 6. The van der Waals surface area contributed by atoms with Crippen LogP contribution in [0.3, 0.4) is 0 Å². The van der Waals surface area contributed by atoms with Crippen molar-refractivity contribution in [3.8, 4) is 28.4 Å². The molecule has 2 heterocycles. The molecule has 0 aliphatic carbocycles. The first-order valence-electron chi connectivity index (χ1n) is 9.90. The van der Waals surface area contributed by atoms with Crippen molar-refractivity contribution in [2.24, 2.45) is 0 Å². The number of ether oxygens (including phenoxy) is 1. The molecule has 0 radical (unpaired) electrons. The van der Waals surface area contributed by atoms with Gasteiger partial charge in [-0.3, -0.25) is 9.78 Å². The van der Waals surface area contributed by atoms with E-state index in [0.717, 1.165) is 28.0 Å². The zero-order valence-corrected chi connectivity index (χ0v) is 17.4. The van der Waals surface area contributed by atoms with Gasteiger partial charge in [-0.1, -0.05) is 48.0 Å². The summed E-state index contributed by atoms with van der Waals surface area (Å²) in [5.41, 5.74) is 4.70. The van der Waals surface area contributed by atoms with Crippen LogP contribution in [-0.2, 0) is 6.54 Å². The highest BCUT2D eigenvalue weighted by Gasteiger charge is 2.17. The van der Waals surface area contributed by atoms with E-state index >= 15 is 0 Å². The lowest BCUT2D eigenvalue weighted by molar-refractivity contribution is 0.0950. The van der Waals surface area contributed by atoms with Gasteiger partial charge < -0.3 is 10.1 Å². The average molecular weight is 410 g/mol. The number of aromatic nitrogens is 3. The molecule has 2 aromatic carbocycles. The molecule has 0 bridgehead atoms. The third-order valence-corrected chi connectivity index (χ3v) is 4.93. The smallest absolute Gasteiger partial charge is 0.255 e. The van der Waals surface area contributed by atoms with Crippen LogP contribution in [-0.4, -0.2) is 28.0 Å². The second-order valence-corrected chi connectivity index (χ2v) is 7.05. The van der Waals surface area contributed by atoms with E-state index in [1.165, 1.54) is 0 Å². The molecule has 31 heavy (non-hydrogen) atoms. The number of pyridine rings is 1. The highest BCUT2D eigenvalue weighted by Crippen LogP contribution is 2.25. The van der Waals surface area contributed by atoms with Crippen LogP contribution < -0.4 is 10.1 Å². The molecule has 154 valence electrons. The van der Waals surface area contributed by atoms with Gasteiger partial charge in [0.15, 0.2) is 5.82 Å². The molecule has 0 unspecified atom stereocenters. The minimum atomic E-state index is -0.256. The molecule has 6 heteroatoms. The van der Waals surface area contributed by atoms with Crippen molar-refractivity contribution in [1.82, 2.24) is 20.3 Å². The first kappa shape index (κ1) is 20.2. The summed E-state index contributed by atoms with van der Waals surface area (Å²) in [5.74, 6) is 1.03. The Morgan fingerprint density at radius 2 is 1.71 bits per heavy atom. The van der Waals surface area contributed by atoms with Crippen LogP contribution in [0.25, 0.3) is 22.6 Å². The molecular weight excluding hydrogens is 388 g/mol. The molecule has 0 atom stereocenters. The third-order valence-electron chi connectivity index (χ3n) is 4.93. The fraction of sp³-hybridized carbons (Fsp3) is 0.120. The molecule has 0 spiro atoms. The molecule has 0 saturated heterocycles. The quantitative estimate of drug-likeness (QED) is 0.508. The van der Waals surface area contributed by atoms with E-state index in [1.807, 2.05) is 67.6 Å². The summed E-state index contributed by atoms with van der Waals surface area (Å²) in [6.07, 6.45) is 4.94. The maximum absolute atomic E-state index is 13.1. The number of aryl methyl sites for hydroxylation is 1. The Morgan fingerprint density at radius 1 is 0.968 bits per heavy atom. The Kier molecular flexibility index (Phi) is 5.98. The van der Waals surface area contributed by atoms with Crippen molar-refractivity contribution in [3.05, 3.63) is 95.9 Å². The summed E-state index contributed by atoms with van der Waals surface area (Å²) in [6.45, 7) is 2.36. The lowest BCUT2D eigenvalue weighted by Crippen LogP contribution is -2.24. The average Bonchev–Trinajstić information content (AvgIpc) is 2.83. The van der Waals surface area contributed by atoms with Crippen molar-refractivity contribution >= 4 is 5.91 Å². The van der Waals surface area contributed by atoms with Crippen LogP contribution in [0.1, 0.15) is 21.5 Å². The number of para-hydroxylation sites is 1. The van der Waals surface area contributed by atoms with E-state index in [1.54, 1.807) is 25.7 Å². The van der Waals surface area contributed by atoms with Gasteiger partial charge in [0.25, 0.3) is 5.91 Å². The molecule has 6 nitrogen and oxygen atoms in total. The van der Waals surface area contributed by atoms with Crippen LogP contribution in [0.2, 0.25) is 0 Å². The molecule has 1 N–H and O–H groups in total. The number of carbonyl (C=O) groups excluding carboxylic acids is 1. The minimum absolute atomic E-state index is 0.256. The highest BCUT2D eigenvalue weighted by molar-refractivity contribution is 5.99. The summed E-state index contributed by atoms with van der Waals surface area (Å²) in [7, 11) is 1.61. The van der Waals surface area contributed by atoms with Gasteiger partial charge in [-0.05, 0) is 25.1 Å². The number of methoxy groups -OCH3 is 1. The molecular formula is C25H22N4O2. The van der Waals surface area contributed by atoms with Crippen LogP contribution in [0, 0.1) is 6.92 Å². The lowest BCUT2D eigenvalue weighted by atomic mass is 10.1. The van der Waals surface area contributed by atoms with Crippen molar-refractivity contribution in [2.75, 3.05) is 7.11 Å². The van der Waals surface area contributed by atoms with E-state index in [0.29, 0.717) is 23.6 Å². The maximum atomic E-state index is 13.1. The van der Waals surface area contributed by atoms with Gasteiger partial charge in [0.05, 0.1) is 18.4 Å². The number of nitrogens with one attached hydrogen (secondary N) is 1. The number of carbonyl (C=O) groups is 1. The fourth-order valence-electron chi connectivity index (χ4n) is 3.24. The van der Waals surface area contributed by atoms with Gasteiger partial charge in [-0.25, -0.2) is 9.97 Å². The topological polar surface area (TPSA) is 77.0 Å². The Morgan fingerprint density at radius 3 is 2.45 bits per heavy atom. The predicted molar refractivity (Wildman–Crippen MR) is 120 cm³/mol. The van der Waals surface area contributed by atoms with Crippen LogP contribution >= 0.6 is 0 Å². The number of benzene rings is 2. The molecule has 0 saturated carbocycles. The number of hydrogen-bond acceptors (Lipinski definition) is 5. The van der Waals surface area contributed by atoms with E-state index in [9.17, 15) is 4.79 Å². The van der Waals surface area contributed by atoms with E-state index in [2.05, 4.69) is 15.3 Å². The van der Waals surface area contributed by atoms with Gasteiger partial charge in [-0.15, -0.1) is 0 Å². The SMILES string of the molecule is COc1ccccc1CNC(=O)c1cnc(-c2ccc(C)cc2)nc1-c1ccncc1. The summed E-state index contributed by atoms with van der Waals surface area (Å²) >= 11 is 0. The van der Waals surface area contributed by atoms with Gasteiger partial charge in [-0.2, -0.15) is 0 Å². The van der Waals surface area contributed by atoms with Crippen molar-refractivity contribution < 1.29 is 9.53 Å². The monoisotopic (exact) mass is 410 g/mol. The Balaban J connectivity index is 1.67. The molecule has 2 aromatic heterocycles. The highest BCUT2D eigenvalue weighted by atomic mass is 16.5. The maximum Gasteiger partial charge on any atom is 0.255 e. The predicted octanol–water partition coefficient (Wildman–Crippen LogP) is 4.45. The van der Waals surface area contributed by atoms with Gasteiger partial charge >= 0.3 is 0 Å². The van der Waals surface area contributed by atoms with Crippen LogP contribution in [0.4, 0.5) is 0 Å². The molecule has 0 aliphatic rings. The first-order chi connectivity index (χ1) is 15.2. The Bertz CT molecular complexity index is 1190. The zero-order chi connectivity index (χ0) is 21.6. The van der Waals surface area contributed by atoms with Gasteiger partial charge in [0.1, 0.15) is 5.75 Å². The molecule has 0 fully saturated rings. The van der Waals surface area contributed by atoms with Crippen molar-refractivity contribution in [2.45, 2.75) is 13.5 Å². The fourth-order valence-corrected chi connectivity index (χ4v) is 3.24. The Labute approximate surface area is 181 Å². The lowest BCUT2D eigenvalue weighted by Gasteiger charge is -2.12. The molecule has 1 amide bonds. The molecule has 4 aromatic rings. The third kappa shape index (κ3) is 4.59. The van der Waals surface area contributed by atoms with Crippen molar-refractivity contribution in [3.63, 3.8) is 0 Å². The van der Waals surface area contributed by atoms with E-state index in [4.69, 9.17) is 9.72 Å².